The van der Waals surface area contributed by atoms with Gasteiger partial charge in [0.2, 0.25) is 11.4 Å². The minimum Gasteiger partial charge on any atom is -0.465 e. The van der Waals surface area contributed by atoms with Crippen molar-refractivity contribution in [1.29, 1.82) is 0 Å². The summed E-state index contributed by atoms with van der Waals surface area (Å²) in [5.74, 6) is 1.23. The van der Waals surface area contributed by atoms with E-state index >= 15 is 0 Å². The van der Waals surface area contributed by atoms with Crippen molar-refractivity contribution in [2.75, 3.05) is 13.2 Å². The summed E-state index contributed by atoms with van der Waals surface area (Å²) in [7, 11) is 0. The van der Waals surface area contributed by atoms with Crippen LogP contribution in [-0.4, -0.2) is 45.0 Å². The molecule has 12 heteroatoms. The number of rotatable bonds is 16. The van der Waals surface area contributed by atoms with E-state index < -0.39 is 22.3 Å². The van der Waals surface area contributed by atoms with E-state index in [4.69, 9.17) is 42.1 Å². The quantitative estimate of drug-likeness (QED) is 0.0744. The molecule has 0 fully saturated rings. The van der Waals surface area contributed by atoms with E-state index in [0.29, 0.717) is 37.2 Å². The molecule has 0 aliphatic rings. The van der Waals surface area contributed by atoms with Crippen molar-refractivity contribution in [3.05, 3.63) is 48.5 Å². The molecule has 0 radical (unpaired) electrons. The van der Waals surface area contributed by atoms with E-state index in [1.165, 1.54) is 0 Å². The summed E-state index contributed by atoms with van der Waals surface area (Å²) in [5, 5.41) is 9.32. The molecule has 0 heterocycles. The number of thioether (sulfide) groups is 2. The largest absolute Gasteiger partial charge is 0.465 e. The molecule has 2 unspecified atom stereocenters. The van der Waals surface area contributed by atoms with E-state index in [2.05, 4.69) is 51.8 Å². The van der Waals surface area contributed by atoms with Gasteiger partial charge in [0.05, 0.1) is 13.2 Å². The minimum absolute atomic E-state index is 0.0727. The SMILES string of the molecule is CC(CCCOC(=O)Cl)(N=NC(C)(CCCOC(=O)Cl)Oc1ccc(SC(C)(C)C)cc1)Oc1ccc(SC(C)(C)C)cc1. The van der Waals surface area contributed by atoms with Gasteiger partial charge in [0.15, 0.2) is 0 Å². The molecule has 244 valence electrons. The normalized spacial score (nSPS) is 14.9. The average Bonchev–Trinajstić information content (AvgIpc) is 2.89. The lowest BCUT2D eigenvalue weighted by Crippen LogP contribution is -2.34. The van der Waals surface area contributed by atoms with Crippen LogP contribution < -0.4 is 9.47 Å². The monoisotopic (exact) mass is 686 g/mol. The minimum atomic E-state index is -1.13. The van der Waals surface area contributed by atoms with Gasteiger partial charge in [0, 0.05) is 55.3 Å². The van der Waals surface area contributed by atoms with Crippen LogP contribution in [0, 0.1) is 0 Å². The van der Waals surface area contributed by atoms with Gasteiger partial charge in [0.25, 0.3) is 0 Å². The molecule has 0 saturated carbocycles. The third kappa shape index (κ3) is 16.3. The molecular formula is C32H44Cl2N2O6S2. The molecule has 0 spiro atoms. The van der Waals surface area contributed by atoms with E-state index in [-0.39, 0.29) is 22.7 Å². The van der Waals surface area contributed by atoms with E-state index in [0.717, 1.165) is 9.79 Å². The Kier molecular flexibility index (Phi) is 14.7. The van der Waals surface area contributed by atoms with Crippen molar-refractivity contribution in [2.24, 2.45) is 10.2 Å². The van der Waals surface area contributed by atoms with Crippen molar-refractivity contribution in [1.82, 2.24) is 0 Å². The lowest BCUT2D eigenvalue weighted by atomic mass is 10.1. The third-order valence-corrected chi connectivity index (χ3v) is 8.10. The second-order valence-electron chi connectivity index (χ2n) is 12.5. The summed E-state index contributed by atoms with van der Waals surface area (Å²) < 4.78 is 22.7. The van der Waals surface area contributed by atoms with Gasteiger partial charge in [-0.1, -0.05) is 41.5 Å². The molecule has 44 heavy (non-hydrogen) atoms. The van der Waals surface area contributed by atoms with Gasteiger partial charge in [-0.15, -0.1) is 33.8 Å². The van der Waals surface area contributed by atoms with Crippen LogP contribution in [0.15, 0.2) is 68.6 Å². The van der Waals surface area contributed by atoms with Crippen molar-refractivity contribution < 1.29 is 28.5 Å². The third-order valence-electron chi connectivity index (χ3n) is 5.65. The topological polar surface area (TPSA) is 95.8 Å². The van der Waals surface area contributed by atoms with E-state index in [1.54, 1.807) is 23.5 Å². The first-order chi connectivity index (χ1) is 20.4. The highest BCUT2D eigenvalue weighted by molar-refractivity contribution is 8.00. The summed E-state index contributed by atoms with van der Waals surface area (Å²) >= 11 is 14.2. The van der Waals surface area contributed by atoms with Crippen LogP contribution in [0.2, 0.25) is 0 Å². The van der Waals surface area contributed by atoms with Crippen molar-refractivity contribution in [2.45, 2.75) is 112 Å². The maximum atomic E-state index is 11.1. The highest BCUT2D eigenvalue weighted by atomic mass is 35.5. The molecule has 0 bridgehead atoms. The number of hydrogen-bond donors (Lipinski definition) is 0. The number of halogens is 2. The summed E-state index contributed by atoms with van der Waals surface area (Å²) in [6, 6.07) is 15.6. The molecule has 0 aliphatic heterocycles. The lowest BCUT2D eigenvalue weighted by molar-refractivity contribution is 0.0350. The van der Waals surface area contributed by atoms with Gasteiger partial charge >= 0.3 is 10.9 Å². The average molecular weight is 688 g/mol. The molecule has 2 aromatic rings. The number of azo groups is 1. The fourth-order valence-corrected chi connectivity index (χ4v) is 6.04. The highest BCUT2D eigenvalue weighted by Crippen LogP contribution is 2.36. The maximum absolute atomic E-state index is 11.1. The number of benzene rings is 2. The van der Waals surface area contributed by atoms with Crippen LogP contribution in [0.4, 0.5) is 9.59 Å². The van der Waals surface area contributed by atoms with Gasteiger partial charge in [-0.2, -0.15) is 0 Å². The Morgan fingerprint density at radius 3 is 1.20 bits per heavy atom. The zero-order chi connectivity index (χ0) is 33.0. The van der Waals surface area contributed by atoms with Crippen LogP contribution in [0.25, 0.3) is 0 Å². The second-order valence-corrected chi connectivity index (χ2v) is 16.9. The molecule has 0 saturated heterocycles. The number of nitrogens with zero attached hydrogens (tertiary/aromatic N) is 2. The van der Waals surface area contributed by atoms with Crippen LogP contribution in [0.3, 0.4) is 0 Å². The van der Waals surface area contributed by atoms with Crippen LogP contribution in [-0.2, 0) is 9.47 Å². The molecule has 2 rings (SSSR count). The predicted octanol–water partition coefficient (Wildman–Crippen LogP) is 11.1. The van der Waals surface area contributed by atoms with Gasteiger partial charge in [0.1, 0.15) is 11.5 Å². The van der Waals surface area contributed by atoms with Crippen molar-refractivity contribution in [3.8, 4) is 11.5 Å². The molecule has 0 aromatic heterocycles. The Bertz CT molecular complexity index is 1140. The summed E-state index contributed by atoms with van der Waals surface area (Å²) in [4.78, 5) is 24.4. The molecule has 2 aromatic carbocycles. The first-order valence-corrected chi connectivity index (χ1v) is 16.8. The number of carbonyl (C=O) groups is 2. The molecule has 0 N–H and O–H groups in total. The van der Waals surface area contributed by atoms with Gasteiger partial charge < -0.3 is 18.9 Å². The Morgan fingerprint density at radius 2 is 0.932 bits per heavy atom. The molecule has 8 nitrogen and oxygen atoms in total. The Labute approximate surface area is 280 Å². The lowest BCUT2D eigenvalue weighted by Gasteiger charge is -2.30. The summed E-state index contributed by atoms with van der Waals surface area (Å²) in [6.07, 6.45) is 1.61. The Morgan fingerprint density at radius 1 is 0.614 bits per heavy atom. The zero-order valence-electron chi connectivity index (χ0n) is 26.8. The highest BCUT2D eigenvalue weighted by Gasteiger charge is 2.31. The smallest absolute Gasteiger partial charge is 0.403 e. The standard InChI is InChI=1S/C32H44Cl2N2O6S2/c1-29(2,3)43-25-15-11-23(12-16-25)41-31(7,19-9-21-39-27(33)37)35-36-32(8,20-10-22-40-28(34)38)42-24-13-17-26(18-14-24)44-30(4,5)6/h11-18H,9-10,19-22H2,1-8H3. The van der Waals surface area contributed by atoms with Crippen LogP contribution in [0.5, 0.6) is 11.5 Å². The predicted molar refractivity (Wildman–Crippen MR) is 180 cm³/mol. The van der Waals surface area contributed by atoms with Gasteiger partial charge in [-0.05, 0) is 75.2 Å². The van der Waals surface area contributed by atoms with E-state index in [1.807, 2.05) is 62.4 Å². The van der Waals surface area contributed by atoms with Crippen molar-refractivity contribution in [3.63, 3.8) is 0 Å². The van der Waals surface area contributed by atoms with Crippen molar-refractivity contribution >= 4 is 57.6 Å². The fraction of sp³-hybridized carbons (Fsp3) is 0.562. The molecule has 0 amide bonds. The molecular weight excluding hydrogens is 643 g/mol. The van der Waals surface area contributed by atoms with E-state index in [9.17, 15) is 9.59 Å². The Hall–Kier alpha value is -2.14. The first kappa shape index (κ1) is 38.0. The Balaban J connectivity index is 2.32. The number of hydrogen-bond acceptors (Lipinski definition) is 10. The maximum Gasteiger partial charge on any atom is 0.403 e. The molecule has 2 atom stereocenters. The summed E-state index contributed by atoms with van der Waals surface area (Å²) in [6.45, 7) is 16.8. The van der Waals surface area contributed by atoms with Crippen LogP contribution >= 0.6 is 46.7 Å². The summed E-state index contributed by atoms with van der Waals surface area (Å²) in [5.41, 5.74) is -3.99. The zero-order valence-corrected chi connectivity index (χ0v) is 29.9. The fourth-order valence-electron chi connectivity index (χ4n) is 3.93. The molecule has 0 aliphatic carbocycles. The van der Waals surface area contributed by atoms with Gasteiger partial charge in [-0.25, -0.2) is 9.59 Å². The number of ether oxygens (including phenoxy) is 4. The van der Waals surface area contributed by atoms with Gasteiger partial charge in [-0.3, -0.25) is 0 Å². The van der Waals surface area contributed by atoms with Crippen LogP contribution in [0.1, 0.15) is 81.1 Å². The second kappa shape index (κ2) is 17.0. The number of carbonyl (C=O) groups excluding carboxylic acids is 2. The first-order valence-electron chi connectivity index (χ1n) is 14.4.